The molecule has 1 aromatic heterocycles. The van der Waals surface area contributed by atoms with Crippen LogP contribution in [-0.2, 0) is 17.9 Å². The van der Waals surface area contributed by atoms with Crippen molar-refractivity contribution >= 4 is 29.2 Å². The van der Waals surface area contributed by atoms with E-state index in [1.54, 1.807) is 42.5 Å². The number of nitrogens with two attached hydrogens (primary N) is 2. The molecule has 0 saturated heterocycles. The lowest BCUT2D eigenvalue weighted by atomic mass is 10.0. The highest BCUT2D eigenvalue weighted by molar-refractivity contribution is 5.97. The van der Waals surface area contributed by atoms with E-state index in [2.05, 4.69) is 20.9 Å². The largest absolute Gasteiger partial charge is 0.399 e. The molecule has 2 amide bonds. The summed E-state index contributed by atoms with van der Waals surface area (Å²) in [5.74, 6) is -0.679. The van der Waals surface area contributed by atoms with Crippen molar-refractivity contribution in [3.05, 3.63) is 112 Å². The van der Waals surface area contributed by atoms with Crippen molar-refractivity contribution in [1.82, 2.24) is 20.2 Å². The van der Waals surface area contributed by atoms with Gasteiger partial charge >= 0.3 is 0 Å². The first kappa shape index (κ1) is 30.5. The zero-order valence-electron chi connectivity index (χ0n) is 24.3. The summed E-state index contributed by atoms with van der Waals surface area (Å²) in [4.78, 5) is 44.1. The molecule has 1 heterocycles. The number of hydrogen-bond acceptors (Lipinski definition) is 7. The predicted molar refractivity (Wildman–Crippen MR) is 169 cm³/mol. The molecule has 3 aromatic carbocycles. The molecule has 0 saturated carbocycles. The van der Waals surface area contributed by atoms with E-state index in [4.69, 9.17) is 16.9 Å². The van der Waals surface area contributed by atoms with E-state index in [1.165, 1.54) is 10.8 Å². The van der Waals surface area contributed by atoms with Gasteiger partial charge in [-0.25, -0.2) is 4.98 Å². The normalized spacial score (nSPS) is 11.5. The van der Waals surface area contributed by atoms with Crippen molar-refractivity contribution in [3.8, 4) is 11.3 Å². The fraction of sp³-hybridized carbons (Fsp3) is 0.219. The van der Waals surface area contributed by atoms with Crippen molar-refractivity contribution < 1.29 is 9.59 Å². The van der Waals surface area contributed by atoms with E-state index in [9.17, 15) is 14.4 Å². The van der Waals surface area contributed by atoms with Crippen molar-refractivity contribution in [2.24, 2.45) is 5.73 Å². The number of amides is 2. The van der Waals surface area contributed by atoms with Gasteiger partial charge in [-0.05, 0) is 50.1 Å². The van der Waals surface area contributed by atoms with Gasteiger partial charge < -0.3 is 27.4 Å². The van der Waals surface area contributed by atoms with Crippen LogP contribution in [0.2, 0.25) is 0 Å². The van der Waals surface area contributed by atoms with Crippen molar-refractivity contribution in [1.29, 1.82) is 5.41 Å². The standard InChI is InChI=1S/C32H36N8O3/c1-19(2)38-30-32(43)40(18-28(41)36-16-21-9-11-23(12-10-21)29(34)35)27(17-37-30)24-13-25(15-26(33)14-24)31(42)39-20(3)22-7-5-4-6-8-22/h4-15,17,19-20H,16,18,33H2,1-3H3,(H3,34,35)(H,36,41)(H,37,38)(H,39,42)/t20-/m1/s1. The Morgan fingerprint density at radius 3 is 2.33 bits per heavy atom. The molecule has 43 heavy (non-hydrogen) atoms. The van der Waals surface area contributed by atoms with Gasteiger partial charge in [-0.15, -0.1) is 0 Å². The monoisotopic (exact) mass is 580 g/mol. The van der Waals surface area contributed by atoms with Crippen LogP contribution in [0.3, 0.4) is 0 Å². The molecule has 4 rings (SSSR count). The maximum atomic E-state index is 13.5. The summed E-state index contributed by atoms with van der Waals surface area (Å²) < 4.78 is 1.31. The fourth-order valence-corrected chi connectivity index (χ4v) is 4.49. The summed E-state index contributed by atoms with van der Waals surface area (Å²) in [5, 5.41) is 16.4. The van der Waals surface area contributed by atoms with Crippen molar-refractivity contribution in [2.45, 2.75) is 45.9 Å². The molecule has 4 aromatic rings. The average Bonchev–Trinajstić information content (AvgIpc) is 2.98. The minimum atomic E-state index is -0.488. The molecular weight excluding hydrogens is 544 g/mol. The highest BCUT2D eigenvalue weighted by atomic mass is 16.2. The smallest absolute Gasteiger partial charge is 0.294 e. The van der Waals surface area contributed by atoms with Crippen LogP contribution in [0.4, 0.5) is 11.5 Å². The Morgan fingerprint density at radius 2 is 1.67 bits per heavy atom. The molecule has 0 spiro atoms. The summed E-state index contributed by atoms with van der Waals surface area (Å²) in [6.07, 6.45) is 1.49. The van der Waals surface area contributed by atoms with Crippen molar-refractivity contribution in [2.75, 3.05) is 11.1 Å². The first-order chi connectivity index (χ1) is 20.5. The lowest BCUT2D eigenvalue weighted by molar-refractivity contribution is -0.121. The van der Waals surface area contributed by atoms with Gasteiger partial charge in [0.25, 0.3) is 11.5 Å². The molecule has 0 bridgehead atoms. The number of rotatable bonds is 11. The molecule has 11 heteroatoms. The number of aromatic nitrogens is 2. The third-order valence-corrected chi connectivity index (χ3v) is 6.70. The number of nitrogens with one attached hydrogen (secondary N) is 4. The number of carbonyl (C=O) groups is 2. The third kappa shape index (κ3) is 7.85. The quantitative estimate of drug-likeness (QED) is 0.0893. The second-order valence-electron chi connectivity index (χ2n) is 10.5. The van der Waals surface area contributed by atoms with Crippen LogP contribution in [0.1, 0.15) is 53.9 Å². The van der Waals surface area contributed by atoms with Gasteiger partial charge in [0, 0.05) is 35.0 Å². The summed E-state index contributed by atoms with van der Waals surface area (Å²) in [5.41, 5.74) is 15.0. The van der Waals surface area contributed by atoms with Gasteiger partial charge in [-0.1, -0.05) is 54.6 Å². The second kappa shape index (κ2) is 13.5. The first-order valence-electron chi connectivity index (χ1n) is 13.8. The van der Waals surface area contributed by atoms with Crippen molar-refractivity contribution in [3.63, 3.8) is 0 Å². The molecule has 0 aliphatic carbocycles. The van der Waals surface area contributed by atoms with Gasteiger partial charge in [-0.2, -0.15) is 0 Å². The van der Waals surface area contributed by atoms with Crippen LogP contribution in [0.15, 0.2) is 83.8 Å². The Morgan fingerprint density at radius 1 is 0.977 bits per heavy atom. The molecule has 8 N–H and O–H groups in total. The van der Waals surface area contributed by atoms with Crippen LogP contribution < -0.4 is 33.0 Å². The number of carbonyl (C=O) groups excluding carboxylic acids is 2. The fourth-order valence-electron chi connectivity index (χ4n) is 4.49. The highest BCUT2D eigenvalue weighted by Crippen LogP contribution is 2.24. The number of hydrogen-bond donors (Lipinski definition) is 6. The summed E-state index contributed by atoms with van der Waals surface area (Å²) in [6.45, 7) is 5.56. The number of nitrogens with zero attached hydrogens (tertiary/aromatic N) is 2. The molecule has 1 atom stereocenters. The maximum absolute atomic E-state index is 13.5. The molecule has 11 nitrogen and oxygen atoms in total. The second-order valence-corrected chi connectivity index (χ2v) is 10.5. The third-order valence-electron chi connectivity index (χ3n) is 6.70. The van der Waals surface area contributed by atoms with E-state index in [1.807, 2.05) is 51.1 Å². The van der Waals surface area contributed by atoms with E-state index in [-0.39, 0.29) is 42.7 Å². The zero-order chi connectivity index (χ0) is 31.1. The van der Waals surface area contributed by atoms with E-state index < -0.39 is 11.5 Å². The van der Waals surface area contributed by atoms with Crippen LogP contribution in [0.5, 0.6) is 0 Å². The number of anilines is 2. The minimum absolute atomic E-state index is 0.0427. The number of amidine groups is 1. The predicted octanol–water partition coefficient (Wildman–Crippen LogP) is 3.40. The lowest BCUT2D eigenvalue weighted by Gasteiger charge is -2.18. The lowest BCUT2D eigenvalue weighted by Crippen LogP contribution is -2.35. The molecule has 0 fully saturated rings. The zero-order valence-corrected chi connectivity index (χ0v) is 24.3. The molecule has 0 unspecified atom stereocenters. The summed E-state index contributed by atoms with van der Waals surface area (Å²) in [6, 6.07) is 21.0. The summed E-state index contributed by atoms with van der Waals surface area (Å²) in [7, 11) is 0. The SMILES string of the molecule is CC(C)Nc1ncc(-c2cc(N)cc(C(=O)N[C@H](C)c3ccccc3)c2)n(CC(=O)NCc2ccc(C(=N)N)cc2)c1=O. The molecule has 0 aliphatic heterocycles. The summed E-state index contributed by atoms with van der Waals surface area (Å²) >= 11 is 0. The van der Waals surface area contributed by atoms with Crippen LogP contribution >= 0.6 is 0 Å². The van der Waals surface area contributed by atoms with Crippen LogP contribution in [0, 0.1) is 5.41 Å². The molecule has 222 valence electrons. The van der Waals surface area contributed by atoms with Gasteiger partial charge in [0.1, 0.15) is 12.4 Å². The Bertz CT molecular complexity index is 1680. The molecular formula is C32H36N8O3. The Kier molecular flexibility index (Phi) is 9.56. The average molecular weight is 581 g/mol. The topological polar surface area (TPSA) is 181 Å². The van der Waals surface area contributed by atoms with E-state index in [0.717, 1.165) is 11.1 Å². The number of nitrogen functional groups attached to an aromatic ring is 2. The van der Waals surface area contributed by atoms with E-state index in [0.29, 0.717) is 28.1 Å². The first-order valence-corrected chi connectivity index (χ1v) is 13.8. The highest BCUT2D eigenvalue weighted by Gasteiger charge is 2.18. The Balaban J connectivity index is 1.62. The van der Waals surface area contributed by atoms with Crippen LogP contribution in [0.25, 0.3) is 11.3 Å². The van der Waals surface area contributed by atoms with Crippen LogP contribution in [-0.4, -0.2) is 33.2 Å². The molecule has 0 aliphatic rings. The van der Waals surface area contributed by atoms with Gasteiger partial charge in [-0.3, -0.25) is 24.4 Å². The molecule has 0 radical (unpaired) electrons. The van der Waals surface area contributed by atoms with Gasteiger partial charge in [0.15, 0.2) is 5.82 Å². The van der Waals surface area contributed by atoms with Gasteiger partial charge in [0.05, 0.1) is 17.9 Å². The Hall–Kier alpha value is -5.45. The number of benzene rings is 3. The minimum Gasteiger partial charge on any atom is -0.399 e. The van der Waals surface area contributed by atoms with E-state index >= 15 is 0 Å². The van der Waals surface area contributed by atoms with Gasteiger partial charge in [0.2, 0.25) is 5.91 Å². The Labute approximate surface area is 249 Å². The maximum Gasteiger partial charge on any atom is 0.294 e.